The van der Waals surface area contributed by atoms with Crippen molar-refractivity contribution in [2.24, 2.45) is 50.2 Å². The molecule has 5 aliphatic carbocycles. The van der Waals surface area contributed by atoms with E-state index in [0.29, 0.717) is 30.6 Å². The van der Waals surface area contributed by atoms with Gasteiger partial charge < -0.3 is 163 Å². The van der Waals surface area contributed by atoms with Gasteiger partial charge in [0.15, 0.2) is 43.7 Å². The molecule has 0 spiro atoms. The number of methoxy groups -OCH3 is 1. The van der Waals surface area contributed by atoms with Crippen LogP contribution in [0.1, 0.15) is 112 Å². The second kappa shape index (κ2) is 33.3. The zero-order chi connectivity index (χ0) is 80.8. The summed E-state index contributed by atoms with van der Waals surface area (Å²) in [5, 5.41) is 211. The van der Waals surface area contributed by atoms with Gasteiger partial charge >= 0.3 is 17.9 Å². The largest absolute Gasteiger partial charge is 0.497 e. The molecule has 0 amide bonds. The molecule has 10 fully saturated rings. The van der Waals surface area contributed by atoms with Gasteiger partial charge in [-0.25, -0.2) is 4.79 Å². The summed E-state index contributed by atoms with van der Waals surface area (Å²) in [5.41, 5.74) is -5.54. The van der Waals surface area contributed by atoms with E-state index in [0.717, 1.165) is 11.6 Å². The Morgan fingerprint density at radius 1 is 0.523 bits per heavy atom. The number of esters is 2. The van der Waals surface area contributed by atoms with E-state index in [1.165, 1.54) is 34.0 Å². The van der Waals surface area contributed by atoms with Gasteiger partial charge in [0.2, 0.25) is 6.29 Å². The van der Waals surface area contributed by atoms with Gasteiger partial charge in [0.1, 0.15) is 128 Å². The molecular formula is C75H112O36. The lowest BCUT2D eigenvalue weighted by molar-refractivity contribution is -0.393. The molecule has 111 heavy (non-hydrogen) atoms. The van der Waals surface area contributed by atoms with Crippen LogP contribution in [-0.4, -0.2) is 345 Å². The van der Waals surface area contributed by atoms with Gasteiger partial charge in [-0.05, 0) is 136 Å². The van der Waals surface area contributed by atoms with Crippen LogP contribution in [0.2, 0.25) is 0 Å². The fourth-order valence-electron chi connectivity index (χ4n) is 20.5. The Morgan fingerprint density at radius 3 is 1.60 bits per heavy atom. The lowest BCUT2D eigenvalue weighted by Gasteiger charge is -2.71. The standard InChI is InChI=1S/C75H112O36/c1-30-57(107-62-52(90)47(85)40(28-99-62)105-64-53(91)48(86)44(82)37(25-76)102-64)51(89)56(94)63(100-30)109-60-59(108-65-54(92)49(87)45(83)38(26-77)103-65)58(106-43(81)16-11-32-9-12-33(98-8)13-10-32)31(2)101-67(60)111-69(97)74-20-19-70(3,4)23-35(74)34-14-15-41-71(5)24-36(80)61(110-66-55(93)50(88)46(84)39(27-78)104-66)73(7,68(95)96)42(71)17-18-72(41,6)75(34,29-79)22-21-74/h9-14,16,30-31,35-42,44-67,76-80,82-94H,15,17-29H2,1-8H3,(H,95,96)/b16-11+/t30-,31+,35?,36?,37+,38+,39+,40+,41?,42?,44-,45-,46+,47-,48-,49+,50-,51-,52+,53+,54+,55+,56+,57-,58-,59-,60+,61?,62-,63-,64-,65-,66-,67-,71+,72+,73-,74-,75-/m0/s1. The summed E-state index contributed by atoms with van der Waals surface area (Å²) in [6, 6.07) is 6.57. The number of aliphatic hydroxyl groups excluding tert-OH is 18. The summed E-state index contributed by atoms with van der Waals surface area (Å²) < 4.78 is 85.0. The fourth-order valence-corrected chi connectivity index (χ4v) is 20.5. The second-order valence-electron chi connectivity index (χ2n) is 33.8. The number of carboxylic acid groups (broad SMARTS) is 1. The van der Waals surface area contributed by atoms with Gasteiger partial charge in [0.25, 0.3) is 0 Å². The molecule has 6 saturated heterocycles. The number of hydrogen-bond donors (Lipinski definition) is 19. The molecule has 39 atom stereocenters. The van der Waals surface area contributed by atoms with Crippen LogP contribution in [0.3, 0.4) is 0 Å². The number of carbonyl (C=O) groups is 3. The Balaban J connectivity index is 0.861. The normalized spacial score (nSPS) is 49.9. The molecule has 1 aromatic carbocycles. The van der Waals surface area contributed by atoms with Crippen LogP contribution in [0.4, 0.5) is 0 Å². The molecular weight excluding hydrogens is 1480 g/mol. The van der Waals surface area contributed by atoms with E-state index >= 15 is 4.79 Å². The Hall–Kier alpha value is -4.25. The number of hydrogen-bond acceptors (Lipinski definition) is 35. The number of ether oxygens (including phenoxy) is 14. The number of carboxylic acids is 1. The molecule has 12 rings (SSSR count). The van der Waals surface area contributed by atoms with Gasteiger partial charge in [-0.2, -0.15) is 0 Å². The number of fused-ring (bicyclic) bond motifs is 7. The first-order valence-electron chi connectivity index (χ1n) is 38.1. The summed E-state index contributed by atoms with van der Waals surface area (Å²) in [6.07, 6.45) is -49.5. The molecule has 6 aliphatic heterocycles. The predicted molar refractivity (Wildman–Crippen MR) is 370 cm³/mol. The van der Waals surface area contributed by atoms with E-state index in [-0.39, 0.29) is 38.5 Å². The van der Waals surface area contributed by atoms with Crippen LogP contribution in [0, 0.1) is 50.2 Å². The molecule has 36 nitrogen and oxygen atoms in total. The van der Waals surface area contributed by atoms with Gasteiger partial charge in [-0.1, -0.05) is 51.5 Å². The van der Waals surface area contributed by atoms with Crippen molar-refractivity contribution in [2.45, 2.75) is 297 Å². The highest BCUT2D eigenvalue weighted by molar-refractivity contribution is 5.87. The summed E-state index contributed by atoms with van der Waals surface area (Å²) >= 11 is 0. The maximum atomic E-state index is 16.4. The minimum absolute atomic E-state index is 0.0390. The third-order valence-corrected chi connectivity index (χ3v) is 27.0. The second-order valence-corrected chi connectivity index (χ2v) is 33.8. The van der Waals surface area contributed by atoms with Crippen molar-refractivity contribution in [1.82, 2.24) is 0 Å². The zero-order valence-electron chi connectivity index (χ0n) is 63.0. The number of aliphatic hydroxyl groups is 18. The van der Waals surface area contributed by atoms with Crippen LogP contribution in [0.25, 0.3) is 6.08 Å². The first-order chi connectivity index (χ1) is 52.3. The van der Waals surface area contributed by atoms with Crippen LogP contribution in [0.5, 0.6) is 5.75 Å². The lowest BCUT2D eigenvalue weighted by Crippen LogP contribution is -2.71. The van der Waals surface area contributed by atoms with Crippen LogP contribution in [0.15, 0.2) is 42.0 Å². The summed E-state index contributed by atoms with van der Waals surface area (Å²) in [7, 11) is 1.47. The number of rotatable bonds is 21. The smallest absolute Gasteiger partial charge is 0.331 e. The highest BCUT2D eigenvalue weighted by atomic mass is 16.8. The summed E-state index contributed by atoms with van der Waals surface area (Å²) in [5.74, 6) is -4.60. The Labute approximate surface area is 639 Å². The lowest BCUT2D eigenvalue weighted by atomic mass is 9.33. The maximum Gasteiger partial charge on any atom is 0.331 e. The molecule has 0 aromatic heterocycles. The first kappa shape index (κ1) is 86.1. The third-order valence-electron chi connectivity index (χ3n) is 27.0. The number of allylic oxidation sites excluding steroid dienone is 1. The molecule has 4 saturated carbocycles. The molecule has 19 N–H and O–H groups in total. The van der Waals surface area contributed by atoms with E-state index in [1.54, 1.807) is 24.3 Å². The van der Waals surface area contributed by atoms with E-state index in [9.17, 15) is 107 Å². The molecule has 6 heterocycles. The highest BCUT2D eigenvalue weighted by Crippen LogP contribution is 2.76. The molecule has 628 valence electrons. The number of aliphatic carboxylic acids is 1. The molecule has 0 bridgehead atoms. The van der Waals surface area contributed by atoms with Crippen LogP contribution >= 0.6 is 0 Å². The monoisotopic (exact) mass is 1590 g/mol. The SMILES string of the molecule is COc1ccc(/C=C/C(=O)O[C@@H]2[C@H](O[C@@H]3O[C@H](CO)[C@H](O)[C@@H](O)[C@H]3O)[C@@H](O[C@@H]3O[C@@H](C)[C@H](O[C@@H]4OC[C@@H](O[C@@H]5O[C@H](CO)[C@H](O)[C@H](O)[C@H]5O)[C@H](O)[C@H]4O)[C@@H](O)[C@H]3O)[C@H](OC(=O)[C@]34CCC(C)(C)CC3C3=CCC5[C@@]6(C)CC(O)C(O[C@@H]7O[C@H](CO)[C@@H](O)[C@H](O)[C@H]7O)[C@@](C)(C(=O)O)C6CC[C@@]5(C)[C@]3(CO)CC4)O[C@@H]2C)cc1. The van der Waals surface area contributed by atoms with Gasteiger partial charge in [0.05, 0.1) is 69.3 Å². The zero-order valence-corrected chi connectivity index (χ0v) is 63.0. The summed E-state index contributed by atoms with van der Waals surface area (Å²) in [6.45, 7) is 8.77. The maximum absolute atomic E-state index is 16.4. The molecule has 11 aliphatic rings. The molecule has 1 aromatic rings. The average Bonchev–Trinajstić information content (AvgIpc) is 0.668. The molecule has 36 heteroatoms. The van der Waals surface area contributed by atoms with Crippen molar-refractivity contribution in [3.63, 3.8) is 0 Å². The van der Waals surface area contributed by atoms with Crippen molar-refractivity contribution in [3.05, 3.63) is 47.6 Å². The van der Waals surface area contributed by atoms with Gasteiger partial charge in [0, 0.05) is 11.5 Å². The quantitative estimate of drug-likeness (QED) is 0.0239. The summed E-state index contributed by atoms with van der Waals surface area (Å²) in [4.78, 5) is 44.7. The highest BCUT2D eigenvalue weighted by Gasteiger charge is 2.74. The van der Waals surface area contributed by atoms with E-state index in [2.05, 4.69) is 20.8 Å². The fraction of sp³-hybridized carbons (Fsp3) is 0.827. The Bertz CT molecular complexity index is 3440. The van der Waals surface area contributed by atoms with Gasteiger partial charge in [-0.15, -0.1) is 0 Å². The van der Waals surface area contributed by atoms with Crippen molar-refractivity contribution in [1.29, 1.82) is 0 Å². The minimum Gasteiger partial charge on any atom is -0.497 e. The number of benzene rings is 1. The number of carbonyl (C=O) groups excluding carboxylic acids is 2. The molecule has 0 radical (unpaired) electrons. The van der Waals surface area contributed by atoms with Crippen molar-refractivity contribution in [3.8, 4) is 5.75 Å². The minimum atomic E-state index is -2.22. The topological polar surface area (TPSA) is 565 Å². The van der Waals surface area contributed by atoms with Crippen LogP contribution in [-0.2, 0) is 76.0 Å². The van der Waals surface area contributed by atoms with Crippen molar-refractivity contribution in [2.75, 3.05) is 40.1 Å². The van der Waals surface area contributed by atoms with E-state index in [1.807, 2.05) is 13.0 Å². The van der Waals surface area contributed by atoms with Crippen molar-refractivity contribution >= 4 is 24.0 Å². The average molecular weight is 1590 g/mol. The third kappa shape index (κ3) is 15.3. The Morgan fingerprint density at radius 2 is 1.04 bits per heavy atom. The van der Waals surface area contributed by atoms with Crippen LogP contribution < -0.4 is 4.74 Å². The van der Waals surface area contributed by atoms with E-state index in [4.69, 9.17) is 66.3 Å². The van der Waals surface area contributed by atoms with Crippen molar-refractivity contribution < 1.29 is 178 Å². The van der Waals surface area contributed by atoms with E-state index < -0.39 is 292 Å². The molecule has 5 unspecified atom stereocenters. The first-order valence-corrected chi connectivity index (χ1v) is 38.1. The van der Waals surface area contributed by atoms with Gasteiger partial charge in [-0.3, -0.25) is 9.59 Å². The predicted octanol–water partition coefficient (Wildman–Crippen LogP) is -4.41. The Kier molecular flexibility index (Phi) is 25.8.